The van der Waals surface area contributed by atoms with E-state index < -0.39 is 0 Å². The molecule has 0 saturated carbocycles. The lowest BCUT2D eigenvalue weighted by atomic mass is 9.39. The molecular weight excluding hydrogens is 333 g/mol. The highest BCUT2D eigenvalue weighted by Gasteiger charge is 2.68. The second kappa shape index (κ2) is 8.81. The first-order valence-electron chi connectivity index (χ1n) is 10.9. The Morgan fingerprint density at radius 3 is 2.48 bits per heavy atom. The van der Waals surface area contributed by atoms with E-state index >= 15 is 0 Å². The van der Waals surface area contributed by atoms with Gasteiger partial charge in [-0.2, -0.15) is 4.99 Å². The van der Waals surface area contributed by atoms with Gasteiger partial charge in [0.2, 0.25) is 0 Å². The molecule has 152 valence electrons. The van der Waals surface area contributed by atoms with Crippen molar-refractivity contribution in [1.29, 1.82) is 0 Å². The molecule has 0 aromatic carbocycles. The number of hydrogen-bond acceptors (Lipinski definition) is 2. The monoisotopic (exact) mass is 374 g/mol. The molecule has 2 fully saturated rings. The number of nitrogens with zero attached hydrogens (tertiary/aromatic N) is 4. The topological polar surface area (TPSA) is 47.9 Å². The molecule has 3 unspecified atom stereocenters. The molecule has 0 bridgehead atoms. The van der Waals surface area contributed by atoms with Crippen molar-refractivity contribution in [1.82, 2.24) is 9.62 Å². The van der Waals surface area contributed by atoms with E-state index in [1.165, 1.54) is 25.7 Å². The first-order valence-corrected chi connectivity index (χ1v) is 10.9. The third-order valence-corrected chi connectivity index (χ3v) is 7.42. The lowest BCUT2D eigenvalue weighted by Crippen LogP contribution is -2.72. The van der Waals surface area contributed by atoms with Crippen LogP contribution in [0.2, 0.25) is 5.31 Å². The number of fused-ring (bicyclic) bond motifs is 1. The fraction of sp³-hybridized carbons (Fsp3) is 0.810. The summed E-state index contributed by atoms with van der Waals surface area (Å²) in [5.74, 6) is 0.985. The van der Waals surface area contributed by atoms with Crippen LogP contribution in [0.25, 0.3) is 0 Å². The summed E-state index contributed by atoms with van der Waals surface area (Å²) in [6, 6.07) is 0.573. The summed E-state index contributed by atoms with van der Waals surface area (Å²) in [7, 11) is 1.88. The Labute approximate surface area is 167 Å². The minimum Gasteiger partial charge on any atom is -0.341 e. The summed E-state index contributed by atoms with van der Waals surface area (Å²) in [5.41, 5.74) is 5.92. The molecule has 5 nitrogen and oxygen atoms in total. The van der Waals surface area contributed by atoms with Crippen LogP contribution in [-0.2, 0) is 0 Å². The quantitative estimate of drug-likeness (QED) is 0.232. The highest BCUT2D eigenvalue weighted by atomic mass is 15.4. The number of unbranched alkanes of at least 4 members (excludes halogenated alkanes) is 2. The first kappa shape index (κ1) is 22.0. The summed E-state index contributed by atoms with van der Waals surface area (Å²) in [5, 5.41) is 0.00305. The fourth-order valence-electron chi connectivity index (χ4n) is 5.67. The zero-order chi connectivity index (χ0) is 20.2. The van der Waals surface area contributed by atoms with Gasteiger partial charge in [-0.15, -0.1) is 0 Å². The summed E-state index contributed by atoms with van der Waals surface area (Å²) in [6.45, 7) is 18.4. The number of rotatable bonds is 8. The molecule has 0 aromatic heterocycles. The zero-order valence-electron chi connectivity index (χ0n) is 18.5. The van der Waals surface area contributed by atoms with Gasteiger partial charge in [-0.05, 0) is 25.3 Å². The van der Waals surface area contributed by atoms with Gasteiger partial charge in [-0.1, -0.05) is 66.5 Å². The Hall–Kier alpha value is -1.30. The first-order chi connectivity index (χ1) is 12.9. The maximum Gasteiger partial charge on any atom is 0.416 e. The predicted molar refractivity (Wildman–Crippen MR) is 119 cm³/mol. The Kier molecular flexibility index (Phi) is 7.17. The molecule has 3 atom stereocenters. The minimum absolute atomic E-state index is 0.00305. The van der Waals surface area contributed by atoms with Gasteiger partial charge in [0.1, 0.15) is 5.54 Å². The summed E-state index contributed by atoms with van der Waals surface area (Å²) in [4.78, 5) is 9.90. The van der Waals surface area contributed by atoms with Gasteiger partial charge >= 0.3 is 12.9 Å². The van der Waals surface area contributed by atoms with E-state index in [1.807, 2.05) is 7.05 Å². The predicted octanol–water partition coefficient (Wildman–Crippen LogP) is 3.57. The van der Waals surface area contributed by atoms with Crippen molar-refractivity contribution in [3.8, 4) is 0 Å². The molecule has 6 heteroatoms. The van der Waals surface area contributed by atoms with Crippen molar-refractivity contribution in [2.24, 2.45) is 10.7 Å². The fourth-order valence-corrected chi connectivity index (χ4v) is 5.67. The molecule has 0 amide bonds. The van der Waals surface area contributed by atoms with E-state index in [0.29, 0.717) is 13.0 Å². The lowest BCUT2D eigenvalue weighted by molar-refractivity contribution is -0.511. The van der Waals surface area contributed by atoms with Gasteiger partial charge in [0.25, 0.3) is 0 Å². The highest BCUT2D eigenvalue weighted by molar-refractivity contribution is 6.61. The van der Waals surface area contributed by atoms with Crippen molar-refractivity contribution in [3.63, 3.8) is 0 Å². The Morgan fingerprint density at radius 1 is 1.30 bits per heavy atom. The van der Waals surface area contributed by atoms with Gasteiger partial charge in [-0.25, -0.2) is 4.58 Å². The molecule has 2 aliphatic rings. The molecule has 2 rings (SSSR count). The van der Waals surface area contributed by atoms with Crippen LogP contribution in [0, 0.1) is 0 Å². The highest BCUT2D eigenvalue weighted by Crippen LogP contribution is 2.55. The van der Waals surface area contributed by atoms with E-state index in [1.54, 1.807) is 6.34 Å². The molecule has 0 aromatic rings. The van der Waals surface area contributed by atoms with Crippen molar-refractivity contribution in [3.05, 3.63) is 12.7 Å². The average Bonchev–Trinajstić information content (AvgIpc) is 3.13. The van der Waals surface area contributed by atoms with Crippen LogP contribution in [0.3, 0.4) is 0 Å². The van der Waals surface area contributed by atoms with Gasteiger partial charge in [-0.3, -0.25) is 0 Å². The van der Waals surface area contributed by atoms with Crippen LogP contribution in [0.1, 0.15) is 73.1 Å². The van der Waals surface area contributed by atoms with Crippen LogP contribution < -0.4 is 5.73 Å². The second-order valence-corrected chi connectivity index (χ2v) is 8.45. The van der Waals surface area contributed by atoms with Crippen molar-refractivity contribution in [2.75, 3.05) is 20.1 Å². The molecular formula is C21H41BN5+. The number of nitrogens with two attached hydrogens (primary N) is 1. The van der Waals surface area contributed by atoms with Crippen LogP contribution in [0.5, 0.6) is 0 Å². The second-order valence-electron chi connectivity index (χ2n) is 8.45. The maximum atomic E-state index is 6.16. The van der Waals surface area contributed by atoms with Gasteiger partial charge in [0, 0.05) is 11.9 Å². The summed E-state index contributed by atoms with van der Waals surface area (Å²) in [6.07, 6.45) is 11.0. The molecule has 0 radical (unpaired) electrons. The Balaban J connectivity index is 2.53. The van der Waals surface area contributed by atoms with Crippen LogP contribution in [0.15, 0.2) is 17.6 Å². The molecule has 2 saturated heterocycles. The van der Waals surface area contributed by atoms with Crippen molar-refractivity contribution >= 4 is 19.3 Å². The van der Waals surface area contributed by atoms with Crippen molar-refractivity contribution in [2.45, 2.75) is 90.0 Å². The van der Waals surface area contributed by atoms with Crippen LogP contribution >= 0.6 is 0 Å². The number of guanidine groups is 1. The lowest BCUT2D eigenvalue weighted by Gasteiger charge is -2.55. The zero-order valence-corrected chi connectivity index (χ0v) is 18.5. The van der Waals surface area contributed by atoms with E-state index in [-0.39, 0.29) is 10.9 Å². The third kappa shape index (κ3) is 3.24. The minimum atomic E-state index is -0.238. The normalized spacial score (nSPS) is 33.0. The summed E-state index contributed by atoms with van der Waals surface area (Å²) < 4.78 is 2.19. The largest absolute Gasteiger partial charge is 0.416 e. The van der Waals surface area contributed by atoms with E-state index in [0.717, 1.165) is 31.9 Å². The van der Waals surface area contributed by atoms with Crippen molar-refractivity contribution < 1.29 is 4.58 Å². The smallest absolute Gasteiger partial charge is 0.341 e. The molecule has 0 spiro atoms. The maximum absolute atomic E-state index is 6.16. The number of aliphatic imine (C=N–C) groups is 1. The molecule has 2 aliphatic heterocycles. The van der Waals surface area contributed by atoms with Gasteiger partial charge in [0.05, 0.1) is 13.6 Å². The van der Waals surface area contributed by atoms with Crippen LogP contribution in [-0.4, -0.2) is 65.2 Å². The van der Waals surface area contributed by atoms with Gasteiger partial charge < -0.3 is 15.4 Å². The molecule has 2 heterocycles. The standard InChI is InChI=1S/C21H40BN5/c1-8-12-13-14-18(5)26-15-16-27-19(24-7)25(17-23)21(10-3,11-4)20(6,9-2)22(26)27/h10,17-18,23H,3,8-9,11-16H2,1-2,4-7H3/p+1. The van der Waals surface area contributed by atoms with E-state index in [4.69, 9.17) is 5.73 Å². The van der Waals surface area contributed by atoms with Gasteiger partial charge in [0.15, 0.2) is 6.34 Å². The molecule has 27 heavy (non-hydrogen) atoms. The average molecular weight is 374 g/mol. The SMILES string of the molecule is C=CC1(CC)[N+](=CN)C(=NC)N2CCN(C(C)CCCCC)B2C1(C)CC. The third-order valence-electron chi connectivity index (χ3n) is 7.42. The number of hydrogen-bond donors (Lipinski definition) is 1. The molecule has 0 aliphatic carbocycles. The Morgan fingerprint density at radius 2 is 2.00 bits per heavy atom. The summed E-state index contributed by atoms with van der Waals surface area (Å²) >= 11 is 0. The Bertz CT molecular complexity index is 589. The van der Waals surface area contributed by atoms with E-state index in [9.17, 15) is 0 Å². The molecule has 2 N–H and O–H groups in total. The van der Waals surface area contributed by atoms with E-state index in [2.05, 4.69) is 66.5 Å². The van der Waals surface area contributed by atoms with Crippen LogP contribution in [0.4, 0.5) is 0 Å².